The first kappa shape index (κ1) is 12.2. The van der Waals surface area contributed by atoms with Crippen molar-refractivity contribution >= 4 is 16.7 Å². The molecule has 0 atom stereocenters. The molecule has 0 fully saturated rings. The maximum Gasteiger partial charge on any atom is 0.337 e. The molecular weight excluding hydrogens is 254 g/mol. The average molecular weight is 265 g/mol. The van der Waals surface area contributed by atoms with E-state index in [4.69, 9.17) is 0 Å². The van der Waals surface area contributed by atoms with Crippen molar-refractivity contribution in [2.24, 2.45) is 0 Å². The molecule has 0 radical (unpaired) electrons. The number of phenolic OH excluding ortho intramolecular Hbond substituents is 1. The molecule has 3 aromatic rings. The van der Waals surface area contributed by atoms with Gasteiger partial charge in [0.15, 0.2) is 0 Å². The third-order valence-corrected chi connectivity index (χ3v) is 3.19. The number of phenols is 1. The summed E-state index contributed by atoms with van der Waals surface area (Å²) in [6.45, 7) is 0. The molecule has 4 heteroatoms. The largest absolute Gasteiger partial charge is 0.508 e. The number of carboxylic acids is 1. The lowest BCUT2D eigenvalue weighted by atomic mass is 9.98. The Morgan fingerprint density at radius 1 is 1.00 bits per heavy atom. The van der Waals surface area contributed by atoms with Gasteiger partial charge in [0, 0.05) is 12.4 Å². The molecule has 1 aromatic heterocycles. The van der Waals surface area contributed by atoms with E-state index in [9.17, 15) is 15.0 Å². The third kappa shape index (κ3) is 2.07. The van der Waals surface area contributed by atoms with E-state index in [0.29, 0.717) is 5.56 Å². The Bertz CT molecular complexity index is 812. The Hall–Kier alpha value is -2.88. The van der Waals surface area contributed by atoms with Crippen molar-refractivity contribution in [3.63, 3.8) is 0 Å². The van der Waals surface area contributed by atoms with Crippen LogP contribution in [0.2, 0.25) is 0 Å². The average Bonchev–Trinajstić information content (AvgIpc) is 2.46. The maximum atomic E-state index is 11.2. The van der Waals surface area contributed by atoms with Crippen LogP contribution < -0.4 is 0 Å². The lowest BCUT2D eigenvalue weighted by Crippen LogP contribution is -2.00. The molecular formula is C16H11NO3. The molecule has 4 nitrogen and oxygen atoms in total. The van der Waals surface area contributed by atoms with Crippen molar-refractivity contribution < 1.29 is 15.0 Å². The van der Waals surface area contributed by atoms with E-state index in [1.165, 1.54) is 6.20 Å². The van der Waals surface area contributed by atoms with Crippen LogP contribution in [-0.4, -0.2) is 21.2 Å². The number of carbonyl (C=O) groups is 1. The number of hydrogen-bond donors (Lipinski definition) is 2. The molecule has 20 heavy (non-hydrogen) atoms. The molecule has 0 saturated heterocycles. The molecule has 0 saturated carbocycles. The second-order valence-electron chi connectivity index (χ2n) is 4.47. The van der Waals surface area contributed by atoms with Crippen LogP contribution >= 0.6 is 0 Å². The predicted molar refractivity (Wildman–Crippen MR) is 75.8 cm³/mol. The van der Waals surface area contributed by atoms with Crippen LogP contribution in [0.1, 0.15) is 10.4 Å². The standard InChI is InChI=1S/C16H11NO3/c18-13-4-3-10-7-12(2-1-11(10)8-13)14-5-6-17-9-15(14)16(19)20/h1-9,18H,(H,19,20). The highest BCUT2D eigenvalue weighted by Gasteiger charge is 2.11. The first-order valence-electron chi connectivity index (χ1n) is 6.05. The first-order chi connectivity index (χ1) is 9.65. The van der Waals surface area contributed by atoms with Crippen molar-refractivity contribution in [1.29, 1.82) is 0 Å². The minimum Gasteiger partial charge on any atom is -0.508 e. The van der Waals surface area contributed by atoms with E-state index < -0.39 is 5.97 Å². The normalized spacial score (nSPS) is 10.6. The number of nitrogens with zero attached hydrogens (tertiary/aromatic N) is 1. The lowest BCUT2D eigenvalue weighted by Gasteiger charge is -2.07. The van der Waals surface area contributed by atoms with E-state index in [1.807, 2.05) is 18.2 Å². The Morgan fingerprint density at radius 2 is 1.75 bits per heavy atom. The number of benzene rings is 2. The smallest absolute Gasteiger partial charge is 0.337 e. The van der Waals surface area contributed by atoms with Gasteiger partial charge < -0.3 is 10.2 Å². The zero-order chi connectivity index (χ0) is 14.1. The van der Waals surface area contributed by atoms with Crippen molar-refractivity contribution in [3.05, 3.63) is 60.4 Å². The molecule has 3 rings (SSSR count). The molecule has 0 spiro atoms. The van der Waals surface area contributed by atoms with Crippen LogP contribution in [-0.2, 0) is 0 Å². The van der Waals surface area contributed by atoms with Crippen LogP contribution in [0, 0.1) is 0 Å². The van der Waals surface area contributed by atoms with Crippen molar-refractivity contribution in [3.8, 4) is 16.9 Å². The summed E-state index contributed by atoms with van der Waals surface area (Å²) < 4.78 is 0. The van der Waals surface area contributed by atoms with E-state index in [2.05, 4.69) is 4.98 Å². The van der Waals surface area contributed by atoms with Crippen LogP contribution in [0.25, 0.3) is 21.9 Å². The molecule has 2 aromatic carbocycles. The SMILES string of the molecule is O=C(O)c1cnccc1-c1ccc2cc(O)ccc2c1. The molecule has 0 unspecified atom stereocenters. The van der Waals surface area contributed by atoms with Gasteiger partial charge in [-0.05, 0) is 46.2 Å². The molecule has 2 N–H and O–H groups in total. The number of aromatic carboxylic acids is 1. The van der Waals surface area contributed by atoms with Crippen LogP contribution in [0.4, 0.5) is 0 Å². The summed E-state index contributed by atoms with van der Waals surface area (Å²) in [5, 5.41) is 20.5. The molecule has 1 heterocycles. The van der Waals surface area contributed by atoms with Crippen LogP contribution in [0.15, 0.2) is 54.9 Å². The minimum absolute atomic E-state index is 0.172. The zero-order valence-electron chi connectivity index (χ0n) is 10.4. The fourth-order valence-corrected chi connectivity index (χ4v) is 2.22. The van der Waals surface area contributed by atoms with Gasteiger partial charge in [-0.15, -0.1) is 0 Å². The predicted octanol–water partition coefficient (Wildman–Crippen LogP) is 3.31. The van der Waals surface area contributed by atoms with Gasteiger partial charge in [-0.25, -0.2) is 4.79 Å². The molecule has 0 bridgehead atoms. The molecule has 98 valence electrons. The van der Waals surface area contributed by atoms with E-state index >= 15 is 0 Å². The van der Waals surface area contributed by atoms with Gasteiger partial charge in [0.2, 0.25) is 0 Å². The second kappa shape index (κ2) is 4.66. The lowest BCUT2D eigenvalue weighted by molar-refractivity contribution is 0.0697. The van der Waals surface area contributed by atoms with Crippen molar-refractivity contribution in [1.82, 2.24) is 4.98 Å². The van der Waals surface area contributed by atoms with E-state index in [-0.39, 0.29) is 11.3 Å². The summed E-state index contributed by atoms with van der Waals surface area (Å²) in [7, 11) is 0. The highest BCUT2D eigenvalue weighted by atomic mass is 16.4. The zero-order valence-corrected chi connectivity index (χ0v) is 10.4. The Morgan fingerprint density at radius 3 is 2.55 bits per heavy atom. The number of carboxylic acid groups (broad SMARTS) is 1. The van der Waals surface area contributed by atoms with E-state index in [0.717, 1.165) is 16.3 Å². The minimum atomic E-state index is -1.00. The third-order valence-electron chi connectivity index (χ3n) is 3.19. The van der Waals surface area contributed by atoms with Crippen LogP contribution in [0.3, 0.4) is 0 Å². The molecule has 0 amide bonds. The van der Waals surface area contributed by atoms with Crippen molar-refractivity contribution in [2.45, 2.75) is 0 Å². The van der Waals surface area contributed by atoms with E-state index in [1.54, 1.807) is 30.5 Å². The second-order valence-corrected chi connectivity index (χ2v) is 4.47. The van der Waals surface area contributed by atoms with Gasteiger partial charge in [0.1, 0.15) is 5.75 Å². The number of fused-ring (bicyclic) bond motifs is 1. The topological polar surface area (TPSA) is 70.4 Å². The maximum absolute atomic E-state index is 11.2. The number of hydrogen-bond acceptors (Lipinski definition) is 3. The monoisotopic (exact) mass is 265 g/mol. The highest BCUT2D eigenvalue weighted by molar-refractivity contribution is 5.97. The highest BCUT2D eigenvalue weighted by Crippen LogP contribution is 2.28. The number of rotatable bonds is 2. The number of aromatic hydroxyl groups is 1. The quantitative estimate of drug-likeness (QED) is 0.745. The Balaban J connectivity index is 2.20. The molecule has 0 aliphatic carbocycles. The van der Waals surface area contributed by atoms with Gasteiger partial charge in [0.05, 0.1) is 5.56 Å². The summed E-state index contributed by atoms with van der Waals surface area (Å²) in [4.78, 5) is 15.1. The van der Waals surface area contributed by atoms with Gasteiger partial charge in [-0.3, -0.25) is 4.98 Å². The fraction of sp³-hybridized carbons (Fsp3) is 0. The number of aromatic nitrogens is 1. The van der Waals surface area contributed by atoms with Crippen LogP contribution in [0.5, 0.6) is 5.75 Å². The van der Waals surface area contributed by atoms with Gasteiger partial charge >= 0.3 is 5.97 Å². The van der Waals surface area contributed by atoms with Crippen molar-refractivity contribution in [2.75, 3.05) is 0 Å². The Kier molecular flexibility index (Phi) is 2.84. The van der Waals surface area contributed by atoms with Gasteiger partial charge in [-0.2, -0.15) is 0 Å². The summed E-state index contributed by atoms with van der Waals surface area (Å²) in [5.74, 6) is -0.792. The summed E-state index contributed by atoms with van der Waals surface area (Å²) >= 11 is 0. The molecule has 0 aliphatic heterocycles. The van der Waals surface area contributed by atoms with Gasteiger partial charge in [0.25, 0.3) is 0 Å². The molecule has 0 aliphatic rings. The fourth-order valence-electron chi connectivity index (χ4n) is 2.22. The summed E-state index contributed by atoms with van der Waals surface area (Å²) in [6.07, 6.45) is 2.92. The first-order valence-corrected chi connectivity index (χ1v) is 6.05. The summed E-state index contributed by atoms with van der Waals surface area (Å²) in [6, 6.07) is 12.4. The Labute approximate surface area is 115 Å². The number of pyridine rings is 1. The van der Waals surface area contributed by atoms with Gasteiger partial charge in [-0.1, -0.05) is 18.2 Å². The summed E-state index contributed by atoms with van der Waals surface area (Å²) in [5.41, 5.74) is 1.61.